The first kappa shape index (κ1) is 17.7. The predicted octanol–water partition coefficient (Wildman–Crippen LogP) is 3.60. The van der Waals surface area contributed by atoms with E-state index in [9.17, 15) is 0 Å². The summed E-state index contributed by atoms with van der Waals surface area (Å²) in [5, 5.41) is 3.90. The summed E-state index contributed by atoms with van der Waals surface area (Å²) in [6.07, 6.45) is 8.21. The zero-order valence-electron chi connectivity index (χ0n) is 14.6. The minimum Gasteiger partial charge on any atom is -0.330 e. The van der Waals surface area contributed by atoms with E-state index in [1.54, 1.807) is 0 Å². The van der Waals surface area contributed by atoms with Crippen molar-refractivity contribution in [2.24, 2.45) is 5.73 Å². The molecule has 3 N–H and O–H groups in total. The Labute approximate surface area is 140 Å². The van der Waals surface area contributed by atoms with E-state index in [2.05, 4.69) is 72.2 Å². The van der Waals surface area contributed by atoms with E-state index in [-0.39, 0.29) is 11.7 Å². The third kappa shape index (κ3) is 4.01. The number of imidazole rings is 1. The average molecular weight is 314 g/mol. The highest BCUT2D eigenvalue weighted by Crippen LogP contribution is 2.31. The molecule has 2 aromatic rings. The number of nitrogens with two attached hydrogens (primary N) is 1. The number of aromatic nitrogens is 2. The van der Waals surface area contributed by atoms with E-state index in [0.29, 0.717) is 6.54 Å². The summed E-state index contributed by atoms with van der Waals surface area (Å²) in [6, 6.07) is 10.8. The smallest absolute Gasteiger partial charge is 0.0962 e. The summed E-state index contributed by atoms with van der Waals surface area (Å²) < 4.78 is 2.19. The summed E-state index contributed by atoms with van der Waals surface area (Å²) in [6.45, 7) is 7.36. The lowest BCUT2D eigenvalue weighted by molar-refractivity contribution is 0.222. The van der Waals surface area contributed by atoms with Gasteiger partial charge in [-0.3, -0.25) is 5.32 Å². The van der Waals surface area contributed by atoms with Gasteiger partial charge in [0, 0.05) is 18.2 Å². The monoisotopic (exact) mass is 314 g/mol. The topological polar surface area (TPSA) is 55.9 Å². The van der Waals surface area contributed by atoms with Crippen LogP contribution >= 0.6 is 0 Å². The molecule has 0 aliphatic carbocycles. The number of hydrogen-bond donors (Lipinski definition) is 2. The zero-order valence-corrected chi connectivity index (χ0v) is 14.6. The number of rotatable bonds is 9. The van der Waals surface area contributed by atoms with E-state index in [1.807, 2.05) is 6.33 Å². The SMILES string of the molecule is CCC(NC(CC)(CC)c1ccccc1)n1cnc(CCN)c1. The van der Waals surface area contributed by atoms with Crippen LogP contribution in [0.2, 0.25) is 0 Å². The standard InChI is InChI=1S/C19H30N4/c1-4-18(23-14-17(12-13-20)21-15-23)22-19(5-2,6-3)16-10-8-7-9-11-16/h7-11,14-15,18,22H,4-6,12-13,20H2,1-3H3. The Bertz CT molecular complexity index is 572. The third-order valence-corrected chi connectivity index (χ3v) is 4.78. The van der Waals surface area contributed by atoms with Gasteiger partial charge in [-0.2, -0.15) is 0 Å². The maximum atomic E-state index is 5.63. The normalized spacial score (nSPS) is 13.2. The van der Waals surface area contributed by atoms with Crippen molar-refractivity contribution in [3.05, 3.63) is 54.1 Å². The highest BCUT2D eigenvalue weighted by molar-refractivity contribution is 5.24. The van der Waals surface area contributed by atoms with Crippen molar-refractivity contribution >= 4 is 0 Å². The van der Waals surface area contributed by atoms with Crippen molar-refractivity contribution in [2.45, 2.75) is 58.2 Å². The molecule has 0 bridgehead atoms. The van der Waals surface area contributed by atoms with E-state index in [1.165, 1.54) is 5.56 Å². The lowest BCUT2D eigenvalue weighted by Crippen LogP contribution is -2.45. The van der Waals surface area contributed by atoms with Crippen LogP contribution in [0.15, 0.2) is 42.9 Å². The fraction of sp³-hybridized carbons (Fsp3) is 0.526. The Balaban J connectivity index is 2.25. The summed E-state index contributed by atoms with van der Waals surface area (Å²) in [5.74, 6) is 0. The van der Waals surface area contributed by atoms with Crippen LogP contribution in [0.5, 0.6) is 0 Å². The van der Waals surface area contributed by atoms with Crippen molar-refractivity contribution < 1.29 is 0 Å². The molecule has 1 atom stereocenters. The van der Waals surface area contributed by atoms with Crippen LogP contribution in [-0.2, 0) is 12.0 Å². The van der Waals surface area contributed by atoms with E-state index in [0.717, 1.165) is 31.4 Å². The van der Waals surface area contributed by atoms with Gasteiger partial charge in [0.1, 0.15) is 0 Å². The first-order valence-corrected chi connectivity index (χ1v) is 8.74. The lowest BCUT2D eigenvalue weighted by atomic mass is 9.84. The molecule has 1 heterocycles. The molecule has 126 valence electrons. The molecular formula is C19H30N4. The molecule has 0 amide bonds. The van der Waals surface area contributed by atoms with Crippen LogP contribution in [0.25, 0.3) is 0 Å². The first-order chi connectivity index (χ1) is 11.2. The minimum atomic E-state index is -0.0137. The van der Waals surface area contributed by atoms with Gasteiger partial charge in [-0.1, -0.05) is 51.1 Å². The highest BCUT2D eigenvalue weighted by atomic mass is 15.2. The molecule has 0 spiro atoms. The van der Waals surface area contributed by atoms with E-state index in [4.69, 9.17) is 5.73 Å². The fourth-order valence-electron chi connectivity index (χ4n) is 3.24. The molecule has 0 fully saturated rings. The maximum absolute atomic E-state index is 5.63. The molecule has 4 nitrogen and oxygen atoms in total. The molecule has 0 saturated carbocycles. The number of benzene rings is 1. The fourth-order valence-corrected chi connectivity index (χ4v) is 3.24. The molecule has 0 saturated heterocycles. The lowest BCUT2D eigenvalue weighted by Gasteiger charge is -2.38. The van der Waals surface area contributed by atoms with Gasteiger partial charge in [0.05, 0.1) is 18.2 Å². The number of hydrogen-bond acceptors (Lipinski definition) is 3. The molecule has 23 heavy (non-hydrogen) atoms. The Morgan fingerprint density at radius 3 is 2.43 bits per heavy atom. The van der Waals surface area contributed by atoms with Gasteiger partial charge >= 0.3 is 0 Å². The first-order valence-electron chi connectivity index (χ1n) is 8.74. The molecule has 2 rings (SSSR count). The van der Waals surface area contributed by atoms with Crippen molar-refractivity contribution in [3.8, 4) is 0 Å². The molecule has 1 aromatic heterocycles. The van der Waals surface area contributed by atoms with Crippen molar-refractivity contribution in [3.63, 3.8) is 0 Å². The van der Waals surface area contributed by atoms with Crippen LogP contribution in [0.4, 0.5) is 0 Å². The second-order valence-corrected chi connectivity index (χ2v) is 6.07. The van der Waals surface area contributed by atoms with Gasteiger partial charge in [-0.25, -0.2) is 4.98 Å². The van der Waals surface area contributed by atoms with Gasteiger partial charge in [-0.15, -0.1) is 0 Å². The van der Waals surface area contributed by atoms with Crippen LogP contribution in [-0.4, -0.2) is 16.1 Å². The van der Waals surface area contributed by atoms with Crippen molar-refractivity contribution in [2.75, 3.05) is 6.54 Å². The number of nitrogens with one attached hydrogen (secondary N) is 1. The molecule has 0 aliphatic heterocycles. The van der Waals surface area contributed by atoms with Gasteiger partial charge in [0.2, 0.25) is 0 Å². The van der Waals surface area contributed by atoms with Crippen LogP contribution in [0.1, 0.15) is 57.5 Å². The average Bonchev–Trinajstić information content (AvgIpc) is 3.06. The van der Waals surface area contributed by atoms with Gasteiger partial charge in [0.15, 0.2) is 0 Å². The van der Waals surface area contributed by atoms with Crippen LogP contribution in [0, 0.1) is 0 Å². The quantitative estimate of drug-likeness (QED) is 0.743. The summed E-state index contributed by atoms with van der Waals surface area (Å²) >= 11 is 0. The molecule has 4 heteroatoms. The number of nitrogens with zero attached hydrogens (tertiary/aromatic N) is 2. The second kappa shape index (κ2) is 8.27. The molecule has 0 radical (unpaired) electrons. The second-order valence-electron chi connectivity index (χ2n) is 6.07. The minimum absolute atomic E-state index is 0.0137. The van der Waals surface area contributed by atoms with Gasteiger partial charge in [0.25, 0.3) is 0 Å². The Morgan fingerprint density at radius 2 is 1.87 bits per heavy atom. The predicted molar refractivity (Wildman–Crippen MR) is 96.2 cm³/mol. The zero-order chi connectivity index (χ0) is 16.7. The Hall–Kier alpha value is -1.65. The Morgan fingerprint density at radius 1 is 1.17 bits per heavy atom. The third-order valence-electron chi connectivity index (χ3n) is 4.78. The molecular weight excluding hydrogens is 284 g/mol. The summed E-state index contributed by atoms with van der Waals surface area (Å²) in [5.41, 5.74) is 8.03. The van der Waals surface area contributed by atoms with E-state index < -0.39 is 0 Å². The van der Waals surface area contributed by atoms with Gasteiger partial charge in [-0.05, 0) is 31.4 Å². The summed E-state index contributed by atoms with van der Waals surface area (Å²) in [4.78, 5) is 4.47. The van der Waals surface area contributed by atoms with Crippen molar-refractivity contribution in [1.82, 2.24) is 14.9 Å². The van der Waals surface area contributed by atoms with Gasteiger partial charge < -0.3 is 10.3 Å². The molecule has 0 aliphatic rings. The maximum Gasteiger partial charge on any atom is 0.0962 e. The van der Waals surface area contributed by atoms with Crippen LogP contribution < -0.4 is 11.1 Å². The highest BCUT2D eigenvalue weighted by Gasteiger charge is 2.30. The Kier molecular flexibility index (Phi) is 6.37. The largest absolute Gasteiger partial charge is 0.330 e. The molecule has 1 unspecified atom stereocenters. The van der Waals surface area contributed by atoms with Crippen molar-refractivity contribution in [1.29, 1.82) is 0 Å². The van der Waals surface area contributed by atoms with Crippen LogP contribution in [0.3, 0.4) is 0 Å². The summed E-state index contributed by atoms with van der Waals surface area (Å²) in [7, 11) is 0. The van der Waals surface area contributed by atoms with E-state index >= 15 is 0 Å². The molecule has 1 aromatic carbocycles.